The molecule has 1 fully saturated rings. The van der Waals surface area contributed by atoms with E-state index >= 15 is 0 Å². The first-order valence-corrected chi connectivity index (χ1v) is 12.7. The topological polar surface area (TPSA) is 96.3 Å². The highest BCUT2D eigenvalue weighted by atomic mass is 16.5. The maximum absolute atomic E-state index is 13.3. The molecule has 7 nitrogen and oxygen atoms in total. The highest BCUT2D eigenvalue weighted by Crippen LogP contribution is 2.40. The highest BCUT2D eigenvalue weighted by Gasteiger charge is 2.49. The molecule has 1 amide bonds. The van der Waals surface area contributed by atoms with E-state index < -0.39 is 17.1 Å². The van der Waals surface area contributed by atoms with Crippen LogP contribution in [0.5, 0.6) is 5.75 Å². The zero-order valence-electron chi connectivity index (χ0n) is 21.3. The van der Waals surface area contributed by atoms with Crippen LogP contribution in [0.25, 0.3) is 0 Å². The van der Waals surface area contributed by atoms with E-state index in [0.717, 1.165) is 56.3 Å². The summed E-state index contributed by atoms with van der Waals surface area (Å²) in [6.45, 7) is 5.50. The number of nitrogens with zero attached hydrogens (tertiary/aromatic N) is 2. The van der Waals surface area contributed by atoms with Crippen molar-refractivity contribution in [2.45, 2.75) is 83.4 Å². The van der Waals surface area contributed by atoms with Gasteiger partial charge in [-0.2, -0.15) is 0 Å². The van der Waals surface area contributed by atoms with E-state index in [1.54, 1.807) is 36.4 Å². The van der Waals surface area contributed by atoms with Gasteiger partial charge in [-0.1, -0.05) is 62.6 Å². The Morgan fingerprint density at radius 1 is 1.08 bits per heavy atom. The SMILES string of the molecule is CCCCC1=NC2(CCCC2)C(=O)N1Cc1ccc(C(=O)c2cccc(OC(C)(C)C(=O)O)c2)cc1. The number of unbranched alkanes of at least 4 members (excludes halogenated alkanes) is 1. The van der Waals surface area contributed by atoms with Crippen LogP contribution in [0, 0.1) is 0 Å². The zero-order chi connectivity index (χ0) is 25.9. The summed E-state index contributed by atoms with van der Waals surface area (Å²) in [7, 11) is 0. The van der Waals surface area contributed by atoms with Gasteiger partial charge in [-0.3, -0.25) is 19.5 Å². The van der Waals surface area contributed by atoms with Gasteiger partial charge in [0, 0.05) is 17.5 Å². The summed E-state index contributed by atoms with van der Waals surface area (Å²) in [6, 6.07) is 13.8. The van der Waals surface area contributed by atoms with E-state index in [1.807, 2.05) is 17.0 Å². The van der Waals surface area contributed by atoms with Crippen LogP contribution in [-0.4, -0.2) is 44.6 Å². The van der Waals surface area contributed by atoms with Crippen LogP contribution in [0.1, 0.15) is 87.2 Å². The molecule has 1 saturated carbocycles. The lowest BCUT2D eigenvalue weighted by Crippen LogP contribution is -2.40. The number of hydrogen-bond acceptors (Lipinski definition) is 5. The fourth-order valence-electron chi connectivity index (χ4n) is 4.85. The van der Waals surface area contributed by atoms with Crippen LogP contribution in [0.3, 0.4) is 0 Å². The molecule has 36 heavy (non-hydrogen) atoms. The number of rotatable bonds is 10. The molecule has 2 aromatic rings. The average molecular weight is 491 g/mol. The molecule has 0 saturated heterocycles. The number of ketones is 1. The molecule has 0 bridgehead atoms. The van der Waals surface area contributed by atoms with Crippen molar-refractivity contribution in [3.05, 3.63) is 65.2 Å². The minimum atomic E-state index is -1.41. The van der Waals surface area contributed by atoms with Gasteiger partial charge in [-0.25, -0.2) is 4.79 Å². The van der Waals surface area contributed by atoms with Gasteiger partial charge < -0.3 is 9.84 Å². The quantitative estimate of drug-likeness (QED) is 0.450. The molecule has 0 aromatic heterocycles. The second-order valence-electron chi connectivity index (χ2n) is 10.2. The fourth-order valence-corrected chi connectivity index (χ4v) is 4.85. The third kappa shape index (κ3) is 5.20. The summed E-state index contributed by atoms with van der Waals surface area (Å²) in [6.07, 6.45) is 6.60. The van der Waals surface area contributed by atoms with Gasteiger partial charge in [-0.15, -0.1) is 0 Å². The number of aliphatic imine (C=N–C) groups is 1. The van der Waals surface area contributed by atoms with Crippen LogP contribution in [-0.2, 0) is 16.1 Å². The standard InChI is InChI=1S/C29H34N2O5/c1-4-5-11-24-30-29(16-6-7-17-29)26(33)31(24)19-20-12-14-21(15-13-20)25(32)22-9-8-10-23(18-22)36-28(2,3)27(34)35/h8-10,12-15,18H,4-7,11,16-17,19H2,1-3H3,(H,34,35). The first kappa shape index (κ1) is 25.6. The number of carboxylic acids is 1. The van der Waals surface area contributed by atoms with Gasteiger partial charge in [0.2, 0.25) is 0 Å². The second kappa shape index (κ2) is 10.2. The van der Waals surface area contributed by atoms with Crippen molar-refractivity contribution in [1.82, 2.24) is 4.90 Å². The number of carbonyl (C=O) groups excluding carboxylic acids is 2. The summed E-state index contributed by atoms with van der Waals surface area (Å²) in [5, 5.41) is 9.30. The molecule has 1 heterocycles. The Balaban J connectivity index is 1.48. The number of carboxylic acid groups (broad SMARTS) is 1. The predicted molar refractivity (Wildman–Crippen MR) is 137 cm³/mol. The van der Waals surface area contributed by atoms with E-state index in [2.05, 4.69) is 6.92 Å². The minimum absolute atomic E-state index is 0.118. The molecule has 1 aliphatic carbocycles. The first-order valence-electron chi connectivity index (χ1n) is 12.7. The van der Waals surface area contributed by atoms with Crippen molar-refractivity contribution in [3.8, 4) is 5.75 Å². The Morgan fingerprint density at radius 3 is 2.42 bits per heavy atom. The van der Waals surface area contributed by atoms with Crippen LogP contribution in [0.4, 0.5) is 0 Å². The normalized spacial score (nSPS) is 16.9. The van der Waals surface area contributed by atoms with Crippen LogP contribution >= 0.6 is 0 Å². The molecule has 1 spiro atoms. The summed E-state index contributed by atoms with van der Waals surface area (Å²) >= 11 is 0. The Morgan fingerprint density at radius 2 is 1.78 bits per heavy atom. The lowest BCUT2D eigenvalue weighted by Gasteiger charge is -2.23. The molecule has 0 unspecified atom stereocenters. The smallest absolute Gasteiger partial charge is 0.347 e. The summed E-state index contributed by atoms with van der Waals surface area (Å²) in [5.41, 5.74) is -0.102. The number of ether oxygens (including phenoxy) is 1. The molecule has 190 valence electrons. The Hall–Kier alpha value is -3.48. The van der Waals surface area contributed by atoms with Gasteiger partial charge in [0.15, 0.2) is 11.4 Å². The maximum Gasteiger partial charge on any atom is 0.347 e. The van der Waals surface area contributed by atoms with E-state index in [1.165, 1.54) is 13.8 Å². The average Bonchev–Trinajstić information content (AvgIpc) is 3.43. The van der Waals surface area contributed by atoms with Gasteiger partial charge >= 0.3 is 5.97 Å². The van der Waals surface area contributed by atoms with Crippen molar-refractivity contribution >= 4 is 23.5 Å². The van der Waals surface area contributed by atoms with Crippen molar-refractivity contribution in [2.75, 3.05) is 0 Å². The molecule has 4 rings (SSSR count). The molecular formula is C29H34N2O5. The Labute approximate surface area is 212 Å². The number of carbonyl (C=O) groups is 3. The molecule has 0 atom stereocenters. The lowest BCUT2D eigenvalue weighted by atomic mass is 9.98. The molecule has 7 heteroatoms. The van der Waals surface area contributed by atoms with E-state index in [9.17, 15) is 19.5 Å². The third-order valence-corrected chi connectivity index (χ3v) is 7.02. The van der Waals surface area contributed by atoms with Crippen molar-refractivity contribution in [3.63, 3.8) is 0 Å². The number of amidine groups is 1. The van der Waals surface area contributed by atoms with Gasteiger partial charge in [-0.05, 0) is 50.8 Å². The maximum atomic E-state index is 13.3. The molecule has 1 N–H and O–H groups in total. The predicted octanol–water partition coefficient (Wildman–Crippen LogP) is 5.40. The van der Waals surface area contributed by atoms with Gasteiger partial charge in [0.25, 0.3) is 5.91 Å². The fraction of sp³-hybridized carbons (Fsp3) is 0.448. The number of amides is 1. The largest absolute Gasteiger partial charge is 0.478 e. The van der Waals surface area contributed by atoms with Gasteiger partial charge in [0.05, 0.1) is 6.54 Å². The zero-order valence-corrected chi connectivity index (χ0v) is 21.3. The van der Waals surface area contributed by atoms with Crippen LogP contribution in [0.15, 0.2) is 53.5 Å². The molecular weight excluding hydrogens is 456 g/mol. The molecule has 2 aromatic carbocycles. The molecule has 0 radical (unpaired) electrons. The van der Waals surface area contributed by atoms with E-state index in [4.69, 9.17) is 9.73 Å². The Kier molecular flexibility index (Phi) is 7.29. The van der Waals surface area contributed by atoms with Crippen molar-refractivity contribution < 1.29 is 24.2 Å². The van der Waals surface area contributed by atoms with Crippen molar-refractivity contribution in [1.29, 1.82) is 0 Å². The van der Waals surface area contributed by atoms with E-state index in [-0.39, 0.29) is 11.7 Å². The first-order chi connectivity index (χ1) is 17.1. The van der Waals surface area contributed by atoms with Crippen LogP contribution in [0.2, 0.25) is 0 Å². The summed E-state index contributed by atoms with van der Waals surface area (Å²) in [4.78, 5) is 44.6. The minimum Gasteiger partial charge on any atom is -0.478 e. The summed E-state index contributed by atoms with van der Waals surface area (Å²) in [5.74, 6) is 0.0510. The van der Waals surface area contributed by atoms with Gasteiger partial charge in [0.1, 0.15) is 17.1 Å². The summed E-state index contributed by atoms with van der Waals surface area (Å²) < 4.78 is 5.57. The van der Waals surface area contributed by atoms with Crippen molar-refractivity contribution in [2.24, 2.45) is 4.99 Å². The molecule has 2 aliphatic rings. The highest BCUT2D eigenvalue weighted by molar-refractivity contribution is 6.09. The number of benzene rings is 2. The Bertz CT molecular complexity index is 1180. The third-order valence-electron chi connectivity index (χ3n) is 7.02. The monoisotopic (exact) mass is 490 g/mol. The number of aliphatic carboxylic acids is 1. The van der Waals surface area contributed by atoms with Crippen LogP contribution < -0.4 is 4.74 Å². The number of hydrogen-bond donors (Lipinski definition) is 1. The van der Waals surface area contributed by atoms with E-state index in [0.29, 0.717) is 23.4 Å². The molecule has 1 aliphatic heterocycles. The lowest BCUT2D eigenvalue weighted by molar-refractivity contribution is -0.152. The second-order valence-corrected chi connectivity index (χ2v) is 10.2.